The number of hydrogen-bond acceptors (Lipinski definition) is 1. The molecule has 0 radical (unpaired) electrons. The zero-order valence-corrected chi connectivity index (χ0v) is 12.5. The summed E-state index contributed by atoms with van der Waals surface area (Å²) in [6, 6.07) is 2.79. The van der Waals surface area contributed by atoms with Crippen LogP contribution in [0.4, 0.5) is 4.39 Å². The topological polar surface area (TPSA) is 9.23 Å². The Morgan fingerprint density at radius 3 is 2.65 bits per heavy atom. The van der Waals surface area contributed by atoms with E-state index in [1.54, 1.807) is 0 Å². The summed E-state index contributed by atoms with van der Waals surface area (Å²) in [6.07, 6.45) is 0.771. The summed E-state index contributed by atoms with van der Waals surface area (Å²) < 4.78 is 19.8. The number of benzene rings is 1. The third-order valence-electron chi connectivity index (χ3n) is 3.30. The standard InChI is InChI=1S/C12H12BrCl2FO/c1-12(2)10(15)5-11(12)17-9-4-8(16)7(14)3-6(9)13/h3-4,10-11H,5H2,1-2H3. The first-order valence-corrected chi connectivity index (χ1v) is 6.88. The molecular formula is C12H12BrCl2FO. The third-order valence-corrected chi connectivity index (χ3v) is 4.95. The van der Waals surface area contributed by atoms with Crippen LogP contribution >= 0.6 is 39.1 Å². The molecule has 1 saturated carbocycles. The molecule has 2 atom stereocenters. The van der Waals surface area contributed by atoms with Gasteiger partial charge in [-0.25, -0.2) is 4.39 Å². The van der Waals surface area contributed by atoms with Crippen LogP contribution in [0.1, 0.15) is 20.3 Å². The summed E-state index contributed by atoms with van der Waals surface area (Å²) in [5.41, 5.74) is -0.100. The minimum atomic E-state index is -0.482. The lowest BCUT2D eigenvalue weighted by atomic mass is 9.68. The fraction of sp³-hybridized carbons (Fsp3) is 0.500. The molecule has 2 rings (SSSR count). The molecule has 0 heterocycles. The molecule has 0 amide bonds. The van der Waals surface area contributed by atoms with Gasteiger partial charge in [0.25, 0.3) is 0 Å². The molecule has 0 aliphatic heterocycles. The molecule has 1 aliphatic rings. The molecule has 1 nitrogen and oxygen atoms in total. The molecule has 2 unspecified atom stereocenters. The second-order valence-corrected chi connectivity index (χ2v) is 6.62. The minimum absolute atomic E-state index is 0.00174. The second kappa shape index (κ2) is 4.60. The van der Waals surface area contributed by atoms with Gasteiger partial charge in [0, 0.05) is 23.3 Å². The van der Waals surface area contributed by atoms with E-state index in [0.29, 0.717) is 10.2 Å². The van der Waals surface area contributed by atoms with E-state index in [-0.39, 0.29) is 21.9 Å². The fourth-order valence-electron chi connectivity index (χ4n) is 1.78. The minimum Gasteiger partial charge on any atom is -0.488 e. The van der Waals surface area contributed by atoms with Gasteiger partial charge in [-0.05, 0) is 22.0 Å². The smallest absolute Gasteiger partial charge is 0.145 e. The predicted molar refractivity (Wildman–Crippen MR) is 71.6 cm³/mol. The predicted octanol–water partition coefficient (Wildman–Crippen LogP) is 5.03. The van der Waals surface area contributed by atoms with Gasteiger partial charge in [0.05, 0.1) is 9.50 Å². The van der Waals surface area contributed by atoms with Crippen molar-refractivity contribution in [1.82, 2.24) is 0 Å². The number of alkyl halides is 1. The van der Waals surface area contributed by atoms with Crippen molar-refractivity contribution in [3.05, 3.63) is 27.4 Å². The molecule has 1 aromatic rings. The van der Waals surface area contributed by atoms with Crippen molar-refractivity contribution >= 4 is 39.1 Å². The van der Waals surface area contributed by atoms with Crippen molar-refractivity contribution in [3.8, 4) is 5.75 Å². The van der Waals surface area contributed by atoms with Gasteiger partial charge < -0.3 is 4.74 Å². The summed E-state index contributed by atoms with van der Waals surface area (Å²) in [4.78, 5) is 0. The molecule has 17 heavy (non-hydrogen) atoms. The maximum atomic E-state index is 13.3. The van der Waals surface area contributed by atoms with E-state index in [1.807, 2.05) is 13.8 Å². The lowest BCUT2D eigenvalue weighted by Gasteiger charge is -2.48. The van der Waals surface area contributed by atoms with E-state index in [0.717, 1.165) is 6.42 Å². The first-order chi connectivity index (χ1) is 7.82. The zero-order chi connectivity index (χ0) is 12.8. The van der Waals surface area contributed by atoms with E-state index in [1.165, 1.54) is 12.1 Å². The van der Waals surface area contributed by atoms with E-state index < -0.39 is 5.82 Å². The maximum absolute atomic E-state index is 13.3. The zero-order valence-electron chi connectivity index (χ0n) is 9.44. The van der Waals surface area contributed by atoms with Crippen molar-refractivity contribution in [2.75, 3.05) is 0 Å². The highest BCUT2D eigenvalue weighted by atomic mass is 79.9. The van der Waals surface area contributed by atoms with E-state index in [9.17, 15) is 4.39 Å². The highest BCUT2D eigenvalue weighted by Crippen LogP contribution is 2.47. The van der Waals surface area contributed by atoms with Crippen LogP contribution < -0.4 is 4.74 Å². The van der Waals surface area contributed by atoms with Crippen molar-refractivity contribution in [2.24, 2.45) is 5.41 Å². The molecule has 0 N–H and O–H groups in total. The van der Waals surface area contributed by atoms with Crippen LogP contribution in [-0.2, 0) is 0 Å². The van der Waals surface area contributed by atoms with Gasteiger partial charge in [0.2, 0.25) is 0 Å². The number of rotatable bonds is 2. The summed E-state index contributed by atoms with van der Waals surface area (Å²) in [5.74, 6) is -0.0158. The quantitative estimate of drug-likeness (QED) is 0.541. The first-order valence-electron chi connectivity index (χ1n) is 5.27. The summed E-state index contributed by atoms with van der Waals surface area (Å²) in [5, 5.41) is 0.177. The van der Waals surface area contributed by atoms with Crippen LogP contribution in [0.25, 0.3) is 0 Å². The molecule has 1 aliphatic carbocycles. The lowest BCUT2D eigenvalue weighted by Crippen LogP contribution is -2.53. The molecule has 0 bridgehead atoms. The molecular weight excluding hydrogens is 330 g/mol. The van der Waals surface area contributed by atoms with Gasteiger partial charge >= 0.3 is 0 Å². The van der Waals surface area contributed by atoms with Gasteiger partial charge in [-0.15, -0.1) is 11.6 Å². The Bertz CT molecular complexity index is 450. The van der Waals surface area contributed by atoms with Crippen LogP contribution in [0.15, 0.2) is 16.6 Å². The van der Waals surface area contributed by atoms with Gasteiger partial charge in [-0.1, -0.05) is 25.4 Å². The van der Waals surface area contributed by atoms with E-state index in [2.05, 4.69) is 15.9 Å². The van der Waals surface area contributed by atoms with Gasteiger partial charge in [0.1, 0.15) is 17.7 Å². The maximum Gasteiger partial charge on any atom is 0.145 e. The highest BCUT2D eigenvalue weighted by molar-refractivity contribution is 9.10. The molecule has 0 spiro atoms. The summed E-state index contributed by atoms with van der Waals surface area (Å²) in [7, 11) is 0. The van der Waals surface area contributed by atoms with Crippen LogP contribution in [0.5, 0.6) is 5.75 Å². The Morgan fingerprint density at radius 2 is 2.12 bits per heavy atom. The molecule has 94 valence electrons. The average molecular weight is 342 g/mol. The summed E-state index contributed by atoms with van der Waals surface area (Å²) in [6.45, 7) is 4.08. The lowest BCUT2D eigenvalue weighted by molar-refractivity contribution is -0.0136. The Morgan fingerprint density at radius 1 is 1.47 bits per heavy atom. The van der Waals surface area contributed by atoms with Crippen molar-refractivity contribution in [2.45, 2.75) is 31.7 Å². The number of ether oxygens (including phenoxy) is 1. The molecule has 1 aromatic carbocycles. The summed E-state index contributed by atoms with van der Waals surface area (Å²) >= 11 is 15.1. The Hall–Kier alpha value is 0.01000. The van der Waals surface area contributed by atoms with Crippen molar-refractivity contribution in [1.29, 1.82) is 0 Å². The highest BCUT2D eigenvalue weighted by Gasteiger charge is 2.49. The average Bonchev–Trinajstić information content (AvgIpc) is 2.25. The van der Waals surface area contributed by atoms with Crippen LogP contribution in [0.2, 0.25) is 5.02 Å². The van der Waals surface area contributed by atoms with Crippen molar-refractivity contribution < 1.29 is 9.13 Å². The van der Waals surface area contributed by atoms with Crippen LogP contribution in [-0.4, -0.2) is 11.5 Å². The SMILES string of the molecule is CC1(C)C(Cl)CC1Oc1cc(F)c(Cl)cc1Br. The number of halogens is 4. The Labute approximate surface area is 118 Å². The normalized spacial score (nSPS) is 26.5. The molecule has 5 heteroatoms. The Balaban J connectivity index is 2.18. The number of hydrogen-bond donors (Lipinski definition) is 0. The largest absolute Gasteiger partial charge is 0.488 e. The molecule has 0 aromatic heterocycles. The molecule has 0 saturated heterocycles. The first kappa shape index (κ1) is 13.4. The van der Waals surface area contributed by atoms with Gasteiger partial charge in [-0.2, -0.15) is 0 Å². The Kier molecular flexibility index (Phi) is 3.64. The second-order valence-electron chi connectivity index (χ2n) is 4.83. The monoisotopic (exact) mass is 340 g/mol. The fourth-order valence-corrected chi connectivity index (χ4v) is 2.82. The van der Waals surface area contributed by atoms with E-state index in [4.69, 9.17) is 27.9 Å². The van der Waals surface area contributed by atoms with E-state index >= 15 is 0 Å². The van der Waals surface area contributed by atoms with Gasteiger partial charge in [0.15, 0.2) is 0 Å². The van der Waals surface area contributed by atoms with Crippen molar-refractivity contribution in [3.63, 3.8) is 0 Å². The van der Waals surface area contributed by atoms with Crippen LogP contribution in [0.3, 0.4) is 0 Å². The van der Waals surface area contributed by atoms with Crippen LogP contribution in [0, 0.1) is 11.2 Å². The third kappa shape index (κ3) is 2.42. The molecule has 1 fully saturated rings. The van der Waals surface area contributed by atoms with Gasteiger partial charge in [-0.3, -0.25) is 0 Å².